The maximum absolute atomic E-state index is 12.0. The number of fused-ring (bicyclic) bond motifs is 2. The van der Waals surface area contributed by atoms with E-state index in [0.717, 1.165) is 25.1 Å². The minimum absolute atomic E-state index is 0.0984. The van der Waals surface area contributed by atoms with E-state index in [1.54, 1.807) is 0 Å². The largest absolute Gasteiger partial charge is 0.459 e. The summed E-state index contributed by atoms with van der Waals surface area (Å²) in [6, 6.07) is 9.70. The molecule has 3 nitrogen and oxygen atoms in total. The number of rotatable bonds is 3. The van der Waals surface area contributed by atoms with Gasteiger partial charge in [0.1, 0.15) is 12.6 Å². The van der Waals surface area contributed by atoms with Crippen molar-refractivity contribution >= 4 is 5.97 Å². The summed E-state index contributed by atoms with van der Waals surface area (Å²) in [5.74, 6) is -0.102. The molecule has 0 N–H and O–H groups in total. The molecule has 1 aromatic carbocycles. The molecule has 2 unspecified atom stereocenters. The van der Waals surface area contributed by atoms with E-state index >= 15 is 0 Å². The third kappa shape index (κ3) is 1.98. The molecule has 0 spiro atoms. The van der Waals surface area contributed by atoms with E-state index < -0.39 is 0 Å². The normalized spacial score (nSPS) is 25.8. The van der Waals surface area contributed by atoms with Crippen molar-refractivity contribution in [3.8, 4) is 0 Å². The first-order valence-electron chi connectivity index (χ1n) is 5.98. The van der Waals surface area contributed by atoms with Crippen molar-refractivity contribution in [2.24, 2.45) is 0 Å². The molecule has 2 atom stereocenters. The molecule has 3 heteroatoms. The molecule has 0 aliphatic carbocycles. The lowest BCUT2D eigenvalue weighted by atomic mass is 10.1. The van der Waals surface area contributed by atoms with E-state index in [-0.39, 0.29) is 12.0 Å². The van der Waals surface area contributed by atoms with Crippen LogP contribution in [0.5, 0.6) is 0 Å². The predicted molar refractivity (Wildman–Crippen MR) is 64.3 cm³/mol. The van der Waals surface area contributed by atoms with Gasteiger partial charge < -0.3 is 4.74 Å². The molecule has 2 aliphatic heterocycles. The van der Waals surface area contributed by atoms with Gasteiger partial charge in [0.15, 0.2) is 0 Å². The molecule has 88 valence electrons. The Bertz CT molecular complexity index is 453. The van der Waals surface area contributed by atoms with Gasteiger partial charge in [-0.2, -0.15) is 0 Å². The van der Waals surface area contributed by atoms with Gasteiger partial charge in [0, 0.05) is 13.1 Å². The highest BCUT2D eigenvalue weighted by atomic mass is 16.5. The molecular weight excluding hydrogens is 214 g/mol. The molecule has 1 aromatic rings. The Hall–Kier alpha value is -1.61. The lowest BCUT2D eigenvalue weighted by molar-refractivity contribution is -0.148. The molecule has 17 heavy (non-hydrogen) atoms. The van der Waals surface area contributed by atoms with E-state index in [2.05, 4.69) is 11.0 Å². The zero-order chi connectivity index (χ0) is 11.7. The van der Waals surface area contributed by atoms with Gasteiger partial charge in [0.25, 0.3) is 0 Å². The number of ether oxygens (including phenoxy) is 1. The smallest absolute Gasteiger partial charge is 0.328 e. The summed E-state index contributed by atoms with van der Waals surface area (Å²) in [7, 11) is 0. The Morgan fingerprint density at radius 2 is 2.18 bits per heavy atom. The topological polar surface area (TPSA) is 29.5 Å². The summed E-state index contributed by atoms with van der Waals surface area (Å²) in [5, 5.41) is 0. The molecule has 0 aromatic heterocycles. The molecule has 1 saturated heterocycles. The maximum Gasteiger partial charge on any atom is 0.328 e. The minimum atomic E-state index is -0.102. The fraction of sp³-hybridized carbons (Fsp3) is 0.357. The standard InChI is InChI=1S/C14H15NO2/c16-14(13-12-6-8-15(13)9-7-12)17-10-11-4-2-1-3-5-11/h1-6,13H,7-10H2. The highest BCUT2D eigenvalue weighted by molar-refractivity contribution is 5.81. The van der Waals surface area contributed by atoms with Crippen molar-refractivity contribution in [3.05, 3.63) is 47.5 Å². The number of carbonyl (C=O) groups excluding carboxylic acids is 1. The van der Waals surface area contributed by atoms with Gasteiger partial charge in [-0.15, -0.1) is 0 Å². The molecule has 0 radical (unpaired) electrons. The highest BCUT2D eigenvalue weighted by Gasteiger charge is 2.39. The van der Waals surface area contributed by atoms with Crippen LogP contribution < -0.4 is 0 Å². The molecule has 1 fully saturated rings. The number of nitrogens with zero attached hydrogens (tertiary/aromatic N) is 1. The summed E-state index contributed by atoms with van der Waals surface area (Å²) >= 11 is 0. The van der Waals surface area contributed by atoms with E-state index in [1.807, 2.05) is 30.3 Å². The number of esters is 1. The number of carbonyl (C=O) groups is 1. The van der Waals surface area contributed by atoms with Gasteiger partial charge in [-0.1, -0.05) is 36.4 Å². The van der Waals surface area contributed by atoms with Crippen molar-refractivity contribution in [1.29, 1.82) is 0 Å². The van der Waals surface area contributed by atoms with Crippen LogP contribution in [0.4, 0.5) is 0 Å². The Balaban J connectivity index is 1.60. The van der Waals surface area contributed by atoms with Gasteiger partial charge in [-0.3, -0.25) is 4.90 Å². The highest BCUT2D eigenvalue weighted by Crippen LogP contribution is 2.30. The summed E-state index contributed by atoms with van der Waals surface area (Å²) in [6.45, 7) is 2.27. The van der Waals surface area contributed by atoms with Gasteiger partial charge in [-0.25, -0.2) is 4.79 Å². The second-order valence-electron chi connectivity index (χ2n) is 4.52. The first-order valence-corrected chi connectivity index (χ1v) is 5.98. The Morgan fingerprint density at radius 3 is 2.76 bits per heavy atom. The lowest BCUT2D eigenvalue weighted by Crippen LogP contribution is -2.34. The van der Waals surface area contributed by atoms with Crippen LogP contribution in [0.3, 0.4) is 0 Å². The van der Waals surface area contributed by atoms with Gasteiger partial charge >= 0.3 is 5.97 Å². The third-order valence-corrected chi connectivity index (χ3v) is 3.44. The van der Waals surface area contributed by atoms with Crippen LogP contribution >= 0.6 is 0 Å². The second kappa shape index (κ2) is 4.34. The van der Waals surface area contributed by atoms with Crippen LogP contribution in [-0.4, -0.2) is 30.0 Å². The van der Waals surface area contributed by atoms with Crippen LogP contribution in [0, 0.1) is 0 Å². The fourth-order valence-corrected chi connectivity index (χ4v) is 2.53. The van der Waals surface area contributed by atoms with Crippen LogP contribution in [-0.2, 0) is 16.1 Å². The fourth-order valence-electron chi connectivity index (χ4n) is 2.53. The van der Waals surface area contributed by atoms with Crippen LogP contribution in [0.2, 0.25) is 0 Å². The zero-order valence-electron chi connectivity index (χ0n) is 9.63. The molecule has 0 amide bonds. The Labute approximate surface area is 101 Å². The molecule has 2 heterocycles. The zero-order valence-corrected chi connectivity index (χ0v) is 9.63. The van der Waals surface area contributed by atoms with Gasteiger partial charge in [-0.05, 0) is 17.6 Å². The Kier molecular flexibility index (Phi) is 2.69. The summed E-state index contributed by atoms with van der Waals surface area (Å²) in [6.07, 6.45) is 3.17. The average Bonchev–Trinajstić information content (AvgIpc) is 2.97. The number of benzene rings is 1. The van der Waals surface area contributed by atoms with Crippen molar-refractivity contribution in [1.82, 2.24) is 4.90 Å². The summed E-state index contributed by atoms with van der Waals surface area (Å²) in [5.41, 5.74) is 2.28. The monoisotopic (exact) mass is 229 g/mol. The van der Waals surface area contributed by atoms with Gasteiger partial charge in [0.05, 0.1) is 0 Å². The van der Waals surface area contributed by atoms with Crippen molar-refractivity contribution in [2.45, 2.75) is 19.1 Å². The lowest BCUT2D eigenvalue weighted by Gasteiger charge is -2.17. The quantitative estimate of drug-likeness (QED) is 0.584. The van der Waals surface area contributed by atoms with Crippen LogP contribution in [0.1, 0.15) is 12.0 Å². The van der Waals surface area contributed by atoms with E-state index in [0.29, 0.717) is 6.61 Å². The van der Waals surface area contributed by atoms with E-state index in [1.165, 1.54) is 5.57 Å². The van der Waals surface area contributed by atoms with E-state index in [9.17, 15) is 4.79 Å². The molecular formula is C14H15NO2. The molecule has 0 saturated carbocycles. The van der Waals surface area contributed by atoms with Crippen LogP contribution in [0.15, 0.2) is 42.0 Å². The summed E-state index contributed by atoms with van der Waals surface area (Å²) < 4.78 is 5.37. The minimum Gasteiger partial charge on any atom is -0.459 e. The second-order valence-corrected chi connectivity index (χ2v) is 4.52. The van der Waals surface area contributed by atoms with Gasteiger partial charge in [0.2, 0.25) is 0 Å². The molecule has 2 bridgehead atoms. The van der Waals surface area contributed by atoms with Crippen molar-refractivity contribution < 1.29 is 9.53 Å². The van der Waals surface area contributed by atoms with E-state index in [4.69, 9.17) is 4.74 Å². The SMILES string of the molecule is O=C(OCc1ccccc1)C1C2=CCN1CC2. The molecule has 2 aliphatic rings. The molecule has 3 rings (SSSR count). The first kappa shape index (κ1) is 10.5. The first-order chi connectivity index (χ1) is 8.34. The third-order valence-electron chi connectivity index (χ3n) is 3.44. The maximum atomic E-state index is 12.0. The average molecular weight is 229 g/mol. The Morgan fingerprint density at radius 1 is 1.35 bits per heavy atom. The van der Waals surface area contributed by atoms with Crippen molar-refractivity contribution in [2.75, 3.05) is 13.1 Å². The number of hydrogen-bond donors (Lipinski definition) is 0. The predicted octanol–water partition coefficient (Wildman–Crippen LogP) is 1.74. The summed E-state index contributed by atoms with van der Waals surface area (Å²) in [4.78, 5) is 14.1. The number of hydrogen-bond acceptors (Lipinski definition) is 3. The van der Waals surface area contributed by atoms with Crippen LogP contribution in [0.25, 0.3) is 0 Å². The van der Waals surface area contributed by atoms with Crippen molar-refractivity contribution in [3.63, 3.8) is 0 Å².